The zero-order valence-corrected chi connectivity index (χ0v) is 11.1. The van der Waals surface area contributed by atoms with Gasteiger partial charge in [-0.2, -0.15) is 0 Å². The first-order valence-corrected chi connectivity index (χ1v) is 6.05. The van der Waals surface area contributed by atoms with E-state index in [2.05, 4.69) is 4.98 Å². The summed E-state index contributed by atoms with van der Waals surface area (Å²) >= 11 is 0. The molecular formula is C14H12N2O5. The number of carbonyl (C=O) groups is 1. The van der Waals surface area contributed by atoms with Crippen molar-refractivity contribution in [2.45, 2.75) is 13.3 Å². The Morgan fingerprint density at radius 3 is 2.57 bits per heavy atom. The van der Waals surface area contributed by atoms with Gasteiger partial charge in [0.2, 0.25) is 5.88 Å². The van der Waals surface area contributed by atoms with Gasteiger partial charge in [0.1, 0.15) is 11.9 Å². The molecule has 0 saturated carbocycles. The van der Waals surface area contributed by atoms with E-state index in [9.17, 15) is 14.9 Å². The zero-order valence-electron chi connectivity index (χ0n) is 11.1. The van der Waals surface area contributed by atoms with E-state index < -0.39 is 10.9 Å². The number of carboxylic acid groups (broad SMARTS) is 1. The highest BCUT2D eigenvalue weighted by Gasteiger charge is 2.11. The Bertz CT molecular complexity index is 682. The Balaban J connectivity index is 2.14. The molecule has 7 heteroatoms. The maximum absolute atomic E-state index is 10.6. The Morgan fingerprint density at radius 1 is 1.38 bits per heavy atom. The summed E-state index contributed by atoms with van der Waals surface area (Å²) in [5.74, 6) is -0.156. The molecular weight excluding hydrogens is 276 g/mol. The van der Waals surface area contributed by atoms with E-state index in [1.165, 1.54) is 6.07 Å². The van der Waals surface area contributed by atoms with E-state index in [0.717, 1.165) is 6.20 Å². The van der Waals surface area contributed by atoms with Gasteiger partial charge in [-0.15, -0.1) is 0 Å². The number of aliphatic carboxylic acids is 1. The SMILES string of the molecule is Cc1cc([N+](=O)[O-])cnc1Oc1ccc(CC(=O)O)cc1. The number of nitro groups is 1. The first-order chi connectivity index (χ1) is 9.95. The van der Waals surface area contributed by atoms with Crippen LogP contribution in [0.3, 0.4) is 0 Å². The summed E-state index contributed by atoms with van der Waals surface area (Å²) in [6.07, 6.45) is 1.07. The molecule has 1 aromatic heterocycles. The van der Waals surface area contributed by atoms with Crippen LogP contribution in [0.5, 0.6) is 11.6 Å². The first kappa shape index (κ1) is 14.4. The van der Waals surface area contributed by atoms with E-state index in [-0.39, 0.29) is 18.0 Å². The Hall–Kier alpha value is -2.96. The van der Waals surface area contributed by atoms with Crippen LogP contribution in [0.2, 0.25) is 0 Å². The summed E-state index contributed by atoms with van der Waals surface area (Å²) in [4.78, 5) is 24.6. The molecule has 0 amide bonds. The highest BCUT2D eigenvalue weighted by Crippen LogP contribution is 2.25. The van der Waals surface area contributed by atoms with Gasteiger partial charge in [0.15, 0.2) is 0 Å². The second kappa shape index (κ2) is 6.00. The molecule has 0 unspecified atom stereocenters. The molecule has 0 aliphatic carbocycles. The minimum absolute atomic E-state index is 0.0604. The average Bonchev–Trinajstić information content (AvgIpc) is 2.42. The summed E-state index contributed by atoms with van der Waals surface area (Å²) in [5, 5.41) is 19.3. The summed E-state index contributed by atoms with van der Waals surface area (Å²) in [6, 6.07) is 7.91. The van der Waals surface area contributed by atoms with E-state index in [1.54, 1.807) is 31.2 Å². The van der Waals surface area contributed by atoms with Crippen molar-refractivity contribution in [3.05, 3.63) is 57.8 Å². The lowest BCUT2D eigenvalue weighted by atomic mass is 10.1. The van der Waals surface area contributed by atoms with Crippen molar-refractivity contribution < 1.29 is 19.6 Å². The number of hydrogen-bond acceptors (Lipinski definition) is 5. The number of aryl methyl sites for hydroxylation is 1. The fourth-order valence-corrected chi connectivity index (χ4v) is 1.72. The first-order valence-electron chi connectivity index (χ1n) is 6.05. The van der Waals surface area contributed by atoms with Gasteiger partial charge in [0, 0.05) is 11.6 Å². The Morgan fingerprint density at radius 2 is 2.05 bits per heavy atom. The monoisotopic (exact) mass is 288 g/mol. The van der Waals surface area contributed by atoms with Crippen LogP contribution in [-0.4, -0.2) is 21.0 Å². The third-order valence-electron chi connectivity index (χ3n) is 2.72. The Labute approximate surface area is 120 Å². The molecule has 0 aliphatic heterocycles. The van der Waals surface area contributed by atoms with E-state index in [1.807, 2.05) is 0 Å². The van der Waals surface area contributed by atoms with Crippen LogP contribution in [0.15, 0.2) is 36.5 Å². The molecule has 0 bridgehead atoms. The summed E-state index contributed by atoms with van der Waals surface area (Å²) in [6.45, 7) is 1.66. The highest BCUT2D eigenvalue weighted by molar-refractivity contribution is 5.70. The van der Waals surface area contributed by atoms with Crippen LogP contribution >= 0.6 is 0 Å². The van der Waals surface area contributed by atoms with Crippen LogP contribution in [0, 0.1) is 17.0 Å². The fraction of sp³-hybridized carbons (Fsp3) is 0.143. The molecule has 2 rings (SSSR count). The molecule has 0 fully saturated rings. The summed E-state index contributed by atoms with van der Waals surface area (Å²) < 4.78 is 5.52. The summed E-state index contributed by atoms with van der Waals surface area (Å²) in [7, 11) is 0. The molecule has 2 aromatic rings. The Kier molecular flexibility index (Phi) is 4.13. The number of benzene rings is 1. The lowest BCUT2D eigenvalue weighted by molar-refractivity contribution is -0.385. The quantitative estimate of drug-likeness (QED) is 0.670. The van der Waals surface area contributed by atoms with Crippen LogP contribution in [-0.2, 0) is 11.2 Å². The predicted octanol–water partition coefficient (Wildman–Crippen LogP) is 2.72. The van der Waals surface area contributed by atoms with Gasteiger partial charge in [-0.3, -0.25) is 14.9 Å². The lowest BCUT2D eigenvalue weighted by Crippen LogP contribution is -1.99. The van der Waals surface area contributed by atoms with Gasteiger partial charge in [-0.1, -0.05) is 12.1 Å². The number of carboxylic acids is 1. The second-order valence-electron chi connectivity index (χ2n) is 4.39. The number of aromatic nitrogens is 1. The minimum atomic E-state index is -0.906. The predicted molar refractivity (Wildman–Crippen MR) is 73.5 cm³/mol. The van der Waals surface area contributed by atoms with Crippen LogP contribution in [0.1, 0.15) is 11.1 Å². The van der Waals surface area contributed by atoms with Crippen molar-refractivity contribution in [1.29, 1.82) is 0 Å². The molecule has 7 nitrogen and oxygen atoms in total. The van der Waals surface area contributed by atoms with Crippen LogP contribution in [0.25, 0.3) is 0 Å². The molecule has 1 aromatic carbocycles. The highest BCUT2D eigenvalue weighted by atomic mass is 16.6. The molecule has 0 saturated heterocycles. The van der Waals surface area contributed by atoms with Crippen molar-refractivity contribution in [3.8, 4) is 11.6 Å². The van der Waals surface area contributed by atoms with Crippen molar-refractivity contribution in [2.75, 3.05) is 0 Å². The molecule has 0 spiro atoms. The van der Waals surface area contributed by atoms with Crippen molar-refractivity contribution in [2.24, 2.45) is 0 Å². The number of pyridine rings is 1. The molecule has 0 aliphatic rings. The van der Waals surface area contributed by atoms with Crippen molar-refractivity contribution in [1.82, 2.24) is 4.98 Å². The largest absolute Gasteiger partial charge is 0.481 e. The summed E-state index contributed by atoms with van der Waals surface area (Å²) in [5.41, 5.74) is 1.10. The maximum atomic E-state index is 10.6. The number of nitrogens with zero attached hydrogens (tertiary/aromatic N) is 2. The standard InChI is InChI=1S/C14H12N2O5/c1-9-6-11(16(19)20)8-15-14(9)21-12-4-2-10(3-5-12)7-13(17)18/h2-6,8H,7H2,1H3,(H,17,18). The molecule has 1 heterocycles. The van der Waals surface area contributed by atoms with Gasteiger partial charge >= 0.3 is 5.97 Å². The minimum Gasteiger partial charge on any atom is -0.481 e. The molecule has 1 N–H and O–H groups in total. The molecule has 108 valence electrons. The van der Waals surface area contributed by atoms with Gasteiger partial charge in [0.25, 0.3) is 5.69 Å². The molecule has 21 heavy (non-hydrogen) atoms. The number of hydrogen-bond donors (Lipinski definition) is 1. The van der Waals surface area contributed by atoms with Crippen molar-refractivity contribution in [3.63, 3.8) is 0 Å². The lowest BCUT2D eigenvalue weighted by Gasteiger charge is -2.07. The van der Waals surface area contributed by atoms with Gasteiger partial charge in [-0.05, 0) is 24.6 Å². The van der Waals surface area contributed by atoms with Crippen LogP contribution < -0.4 is 4.74 Å². The maximum Gasteiger partial charge on any atom is 0.307 e. The van der Waals surface area contributed by atoms with Gasteiger partial charge < -0.3 is 9.84 Å². The number of rotatable bonds is 5. The second-order valence-corrected chi connectivity index (χ2v) is 4.39. The third kappa shape index (κ3) is 3.75. The third-order valence-corrected chi connectivity index (χ3v) is 2.72. The fourth-order valence-electron chi connectivity index (χ4n) is 1.72. The van der Waals surface area contributed by atoms with Crippen molar-refractivity contribution >= 4 is 11.7 Å². The van der Waals surface area contributed by atoms with E-state index in [4.69, 9.17) is 9.84 Å². The zero-order chi connectivity index (χ0) is 15.4. The molecule has 0 radical (unpaired) electrons. The normalized spacial score (nSPS) is 10.1. The van der Waals surface area contributed by atoms with Gasteiger partial charge in [-0.25, -0.2) is 4.98 Å². The van der Waals surface area contributed by atoms with E-state index >= 15 is 0 Å². The van der Waals surface area contributed by atoms with Gasteiger partial charge in [0.05, 0.1) is 11.3 Å². The number of ether oxygens (including phenoxy) is 1. The smallest absolute Gasteiger partial charge is 0.307 e. The topological polar surface area (TPSA) is 103 Å². The molecule has 0 atom stereocenters. The van der Waals surface area contributed by atoms with E-state index in [0.29, 0.717) is 16.9 Å². The van der Waals surface area contributed by atoms with Crippen LogP contribution in [0.4, 0.5) is 5.69 Å². The average molecular weight is 288 g/mol.